The third kappa shape index (κ3) is 2.96. The number of nitrogens with two attached hydrogens (primary N) is 1. The standard InChI is InChI=1S/C14H18N2O2S.ClH/c15-14(5-7-18-8-6-14)13(17)16-11-9-19-12-4-2-1-3-10(11)12;/h1-4,11H,5-9,15H2,(H,16,17);1H. The first-order valence-corrected chi connectivity index (χ1v) is 7.57. The zero-order chi connectivity index (χ0) is 13.3. The van der Waals surface area contributed by atoms with Crippen LogP contribution in [0.2, 0.25) is 0 Å². The van der Waals surface area contributed by atoms with Crippen LogP contribution in [0.15, 0.2) is 29.2 Å². The Labute approximate surface area is 129 Å². The van der Waals surface area contributed by atoms with Crippen molar-refractivity contribution in [2.75, 3.05) is 19.0 Å². The number of halogens is 1. The maximum atomic E-state index is 12.4. The molecule has 0 spiro atoms. The van der Waals surface area contributed by atoms with Gasteiger partial charge in [-0.3, -0.25) is 4.79 Å². The number of fused-ring (bicyclic) bond motifs is 1. The lowest BCUT2D eigenvalue weighted by Crippen LogP contribution is -2.57. The van der Waals surface area contributed by atoms with Crippen molar-refractivity contribution in [1.82, 2.24) is 5.32 Å². The molecule has 1 unspecified atom stereocenters. The SMILES string of the molecule is Cl.NC1(C(=O)NC2CSc3ccccc32)CCOCC1. The van der Waals surface area contributed by atoms with Crippen LogP contribution in [0.3, 0.4) is 0 Å². The molecule has 0 saturated carbocycles. The molecule has 1 saturated heterocycles. The first-order valence-electron chi connectivity index (χ1n) is 6.58. The van der Waals surface area contributed by atoms with E-state index < -0.39 is 5.54 Å². The van der Waals surface area contributed by atoms with Crippen LogP contribution in [0.25, 0.3) is 0 Å². The minimum absolute atomic E-state index is 0. The third-order valence-corrected chi connectivity index (χ3v) is 5.03. The Morgan fingerprint density at radius 3 is 2.80 bits per heavy atom. The van der Waals surface area contributed by atoms with E-state index >= 15 is 0 Å². The highest BCUT2D eigenvalue weighted by Crippen LogP contribution is 2.38. The highest BCUT2D eigenvalue weighted by atomic mass is 35.5. The predicted molar refractivity (Wildman–Crippen MR) is 82.3 cm³/mol. The first kappa shape index (κ1) is 15.6. The van der Waals surface area contributed by atoms with E-state index in [9.17, 15) is 4.79 Å². The summed E-state index contributed by atoms with van der Waals surface area (Å²) in [4.78, 5) is 13.6. The van der Waals surface area contributed by atoms with Gasteiger partial charge in [0.25, 0.3) is 0 Å². The van der Waals surface area contributed by atoms with Gasteiger partial charge in [-0.2, -0.15) is 0 Å². The van der Waals surface area contributed by atoms with Crippen molar-refractivity contribution >= 4 is 30.1 Å². The van der Waals surface area contributed by atoms with Crippen molar-refractivity contribution in [3.8, 4) is 0 Å². The van der Waals surface area contributed by atoms with Gasteiger partial charge in [-0.15, -0.1) is 24.2 Å². The number of rotatable bonds is 2. The summed E-state index contributed by atoms with van der Waals surface area (Å²) < 4.78 is 5.28. The molecule has 1 aromatic rings. The Kier molecular flexibility index (Phi) is 4.96. The van der Waals surface area contributed by atoms with Gasteiger partial charge in [-0.25, -0.2) is 0 Å². The minimum atomic E-state index is -0.763. The molecule has 1 aromatic carbocycles. The van der Waals surface area contributed by atoms with E-state index in [1.54, 1.807) is 11.8 Å². The molecule has 1 fully saturated rings. The van der Waals surface area contributed by atoms with Crippen LogP contribution in [0.5, 0.6) is 0 Å². The van der Waals surface area contributed by atoms with Crippen LogP contribution in [-0.4, -0.2) is 30.4 Å². The molecule has 0 aromatic heterocycles. The lowest BCUT2D eigenvalue weighted by molar-refractivity contribution is -0.130. The maximum Gasteiger partial charge on any atom is 0.240 e. The number of benzene rings is 1. The minimum Gasteiger partial charge on any atom is -0.381 e. The molecule has 2 aliphatic rings. The number of hydrogen-bond acceptors (Lipinski definition) is 4. The van der Waals surface area contributed by atoms with Crippen molar-refractivity contribution in [2.45, 2.75) is 29.3 Å². The number of carbonyl (C=O) groups is 1. The predicted octanol–water partition coefficient (Wildman–Crippen LogP) is 1.88. The molecular formula is C14H19ClN2O2S. The van der Waals surface area contributed by atoms with Crippen LogP contribution < -0.4 is 11.1 Å². The second kappa shape index (κ2) is 6.35. The number of nitrogens with one attached hydrogen (secondary N) is 1. The number of thioether (sulfide) groups is 1. The highest BCUT2D eigenvalue weighted by Gasteiger charge is 2.37. The Balaban J connectivity index is 0.00000147. The van der Waals surface area contributed by atoms with Gasteiger partial charge in [0.15, 0.2) is 0 Å². The highest BCUT2D eigenvalue weighted by molar-refractivity contribution is 7.99. The Bertz CT molecular complexity index is 492. The van der Waals surface area contributed by atoms with E-state index in [0.29, 0.717) is 26.1 Å². The van der Waals surface area contributed by atoms with E-state index in [1.165, 1.54) is 10.5 Å². The lowest BCUT2D eigenvalue weighted by Gasteiger charge is -2.33. The molecule has 4 nitrogen and oxygen atoms in total. The summed E-state index contributed by atoms with van der Waals surface area (Å²) in [6, 6.07) is 8.29. The second-order valence-corrected chi connectivity index (χ2v) is 6.21. The summed E-state index contributed by atoms with van der Waals surface area (Å²) in [7, 11) is 0. The van der Waals surface area contributed by atoms with E-state index in [2.05, 4.69) is 17.4 Å². The molecule has 0 radical (unpaired) electrons. The van der Waals surface area contributed by atoms with Crippen molar-refractivity contribution in [3.05, 3.63) is 29.8 Å². The van der Waals surface area contributed by atoms with E-state index in [4.69, 9.17) is 10.5 Å². The van der Waals surface area contributed by atoms with Gasteiger partial charge >= 0.3 is 0 Å². The molecule has 1 amide bonds. The maximum absolute atomic E-state index is 12.4. The Morgan fingerprint density at radius 1 is 1.35 bits per heavy atom. The Morgan fingerprint density at radius 2 is 2.05 bits per heavy atom. The summed E-state index contributed by atoms with van der Waals surface area (Å²) in [6.45, 7) is 1.14. The lowest BCUT2D eigenvalue weighted by atomic mass is 9.90. The zero-order valence-electron chi connectivity index (χ0n) is 11.1. The molecule has 20 heavy (non-hydrogen) atoms. The van der Waals surface area contributed by atoms with E-state index in [1.807, 2.05) is 12.1 Å². The van der Waals surface area contributed by atoms with Crippen molar-refractivity contribution in [1.29, 1.82) is 0 Å². The largest absolute Gasteiger partial charge is 0.381 e. The van der Waals surface area contributed by atoms with Gasteiger partial charge in [-0.05, 0) is 24.5 Å². The summed E-state index contributed by atoms with van der Waals surface area (Å²) in [5.74, 6) is 0.843. The van der Waals surface area contributed by atoms with E-state index in [-0.39, 0.29) is 24.4 Å². The average Bonchev–Trinajstić information content (AvgIpc) is 2.83. The molecule has 2 heterocycles. The van der Waals surface area contributed by atoms with Gasteiger partial charge < -0.3 is 15.8 Å². The summed E-state index contributed by atoms with van der Waals surface area (Å²) >= 11 is 1.78. The van der Waals surface area contributed by atoms with Gasteiger partial charge in [0.05, 0.1) is 11.6 Å². The fourth-order valence-electron chi connectivity index (χ4n) is 2.55. The molecule has 6 heteroatoms. The van der Waals surface area contributed by atoms with Crippen molar-refractivity contribution in [3.63, 3.8) is 0 Å². The smallest absolute Gasteiger partial charge is 0.240 e. The van der Waals surface area contributed by atoms with Gasteiger partial charge in [0.1, 0.15) is 0 Å². The summed E-state index contributed by atoms with van der Waals surface area (Å²) in [5.41, 5.74) is 6.64. The molecule has 0 bridgehead atoms. The topological polar surface area (TPSA) is 64.4 Å². The molecule has 110 valence electrons. The monoisotopic (exact) mass is 314 g/mol. The normalized spacial score (nSPS) is 23.6. The molecule has 2 aliphatic heterocycles. The van der Waals surface area contributed by atoms with Crippen molar-refractivity contribution in [2.24, 2.45) is 5.73 Å². The number of ether oxygens (including phenoxy) is 1. The number of amides is 1. The third-order valence-electron chi connectivity index (χ3n) is 3.84. The van der Waals surface area contributed by atoms with Crippen LogP contribution in [0.1, 0.15) is 24.4 Å². The summed E-state index contributed by atoms with van der Waals surface area (Å²) in [6.07, 6.45) is 1.20. The molecule has 1 atom stereocenters. The zero-order valence-corrected chi connectivity index (χ0v) is 12.8. The quantitative estimate of drug-likeness (QED) is 0.875. The van der Waals surface area contributed by atoms with Crippen molar-refractivity contribution < 1.29 is 9.53 Å². The van der Waals surface area contributed by atoms with Gasteiger partial charge in [0.2, 0.25) is 5.91 Å². The Hall–Kier alpha value is -0.750. The van der Waals surface area contributed by atoms with Crippen LogP contribution >= 0.6 is 24.2 Å². The molecule has 3 N–H and O–H groups in total. The van der Waals surface area contributed by atoms with Crippen LogP contribution in [0, 0.1) is 0 Å². The first-order chi connectivity index (χ1) is 9.19. The number of hydrogen-bond donors (Lipinski definition) is 2. The van der Waals surface area contributed by atoms with Gasteiger partial charge in [-0.1, -0.05) is 18.2 Å². The molecular weight excluding hydrogens is 296 g/mol. The average molecular weight is 315 g/mol. The number of carbonyl (C=O) groups excluding carboxylic acids is 1. The van der Waals surface area contributed by atoms with E-state index in [0.717, 1.165) is 5.75 Å². The second-order valence-electron chi connectivity index (χ2n) is 5.14. The van der Waals surface area contributed by atoms with Gasteiger partial charge in [0, 0.05) is 23.9 Å². The summed E-state index contributed by atoms with van der Waals surface area (Å²) in [5, 5.41) is 3.10. The fraction of sp³-hybridized carbons (Fsp3) is 0.500. The van der Waals surface area contributed by atoms with Crippen LogP contribution in [-0.2, 0) is 9.53 Å². The molecule has 3 rings (SSSR count). The fourth-order valence-corrected chi connectivity index (χ4v) is 3.71. The van der Waals surface area contributed by atoms with Crippen LogP contribution in [0.4, 0.5) is 0 Å². The molecule has 0 aliphatic carbocycles.